The second kappa shape index (κ2) is 4.94. The molecule has 1 aromatic heterocycles. The van der Waals surface area contributed by atoms with Crippen molar-refractivity contribution in [1.29, 1.82) is 0 Å². The lowest BCUT2D eigenvalue weighted by molar-refractivity contribution is 0.325. The molecule has 1 aromatic rings. The second-order valence-electron chi connectivity index (χ2n) is 5.09. The lowest BCUT2D eigenvalue weighted by atomic mass is 9.96. The maximum atomic E-state index is 13.7. The summed E-state index contributed by atoms with van der Waals surface area (Å²) < 4.78 is 15.4. The SMILES string of the molecule is CC(C)Nc1c(F)nn(C2CCCCC2)c1N. The van der Waals surface area contributed by atoms with Crippen molar-refractivity contribution in [3.8, 4) is 0 Å². The third kappa shape index (κ3) is 2.53. The number of hydrogen-bond acceptors (Lipinski definition) is 3. The summed E-state index contributed by atoms with van der Waals surface area (Å²) in [6.45, 7) is 3.91. The maximum Gasteiger partial charge on any atom is 0.257 e. The molecule has 0 bridgehead atoms. The standard InChI is InChI=1S/C12H21FN4/c1-8(2)15-10-11(13)16-17(12(10)14)9-6-4-3-5-7-9/h8-9,15H,3-7,14H2,1-2H3. The number of hydrogen-bond donors (Lipinski definition) is 2. The average molecular weight is 240 g/mol. The highest BCUT2D eigenvalue weighted by Gasteiger charge is 2.23. The Morgan fingerprint density at radius 3 is 2.59 bits per heavy atom. The van der Waals surface area contributed by atoms with Gasteiger partial charge in [0.1, 0.15) is 11.5 Å². The smallest absolute Gasteiger partial charge is 0.257 e. The van der Waals surface area contributed by atoms with E-state index in [9.17, 15) is 4.39 Å². The van der Waals surface area contributed by atoms with Crippen molar-refractivity contribution in [2.45, 2.75) is 58.0 Å². The van der Waals surface area contributed by atoms with Gasteiger partial charge in [-0.2, -0.15) is 4.39 Å². The van der Waals surface area contributed by atoms with Crippen LogP contribution in [0.5, 0.6) is 0 Å². The summed E-state index contributed by atoms with van der Waals surface area (Å²) >= 11 is 0. The molecule has 0 aliphatic heterocycles. The van der Waals surface area contributed by atoms with Crippen LogP contribution in [-0.4, -0.2) is 15.8 Å². The van der Waals surface area contributed by atoms with Crippen LogP contribution < -0.4 is 11.1 Å². The first-order chi connectivity index (χ1) is 8.09. The molecule has 1 fully saturated rings. The highest BCUT2D eigenvalue weighted by molar-refractivity contribution is 5.62. The molecule has 1 heterocycles. The van der Waals surface area contributed by atoms with Gasteiger partial charge in [-0.3, -0.25) is 0 Å². The predicted molar refractivity (Wildman–Crippen MR) is 67.5 cm³/mol. The number of rotatable bonds is 3. The van der Waals surface area contributed by atoms with Gasteiger partial charge in [0.15, 0.2) is 0 Å². The molecule has 17 heavy (non-hydrogen) atoms. The molecule has 1 aliphatic carbocycles. The van der Waals surface area contributed by atoms with Gasteiger partial charge in [-0.1, -0.05) is 19.3 Å². The first-order valence-electron chi connectivity index (χ1n) is 6.39. The summed E-state index contributed by atoms with van der Waals surface area (Å²) in [5, 5.41) is 6.97. The Morgan fingerprint density at radius 2 is 2.00 bits per heavy atom. The lowest BCUT2D eigenvalue weighted by Crippen LogP contribution is -2.17. The molecule has 96 valence electrons. The van der Waals surface area contributed by atoms with Gasteiger partial charge in [0.25, 0.3) is 5.95 Å². The molecule has 0 unspecified atom stereocenters. The normalized spacial score (nSPS) is 17.6. The first-order valence-corrected chi connectivity index (χ1v) is 6.39. The molecule has 0 spiro atoms. The molecule has 4 nitrogen and oxygen atoms in total. The summed E-state index contributed by atoms with van der Waals surface area (Å²) in [5.74, 6) is -0.0510. The summed E-state index contributed by atoms with van der Waals surface area (Å²) in [6.07, 6.45) is 5.72. The Kier molecular flexibility index (Phi) is 3.54. The minimum absolute atomic E-state index is 0.149. The predicted octanol–water partition coefficient (Wildman–Crippen LogP) is 2.93. The Labute approximate surface area is 101 Å². The van der Waals surface area contributed by atoms with E-state index in [4.69, 9.17) is 5.73 Å². The van der Waals surface area contributed by atoms with Gasteiger partial charge in [0.05, 0.1) is 6.04 Å². The average Bonchev–Trinajstić information content (AvgIpc) is 2.58. The number of aromatic nitrogens is 2. The van der Waals surface area contributed by atoms with Crippen molar-refractivity contribution >= 4 is 11.5 Å². The number of halogens is 1. The van der Waals surface area contributed by atoms with Crippen molar-refractivity contribution in [2.75, 3.05) is 11.1 Å². The molecule has 3 N–H and O–H groups in total. The molecule has 0 radical (unpaired) electrons. The van der Waals surface area contributed by atoms with Crippen LogP contribution in [0.4, 0.5) is 15.9 Å². The van der Waals surface area contributed by atoms with Crippen LogP contribution in [0.15, 0.2) is 0 Å². The van der Waals surface area contributed by atoms with Crippen LogP contribution in [0, 0.1) is 5.95 Å². The van der Waals surface area contributed by atoms with E-state index in [2.05, 4.69) is 10.4 Å². The molecule has 0 atom stereocenters. The Balaban J connectivity index is 2.23. The van der Waals surface area contributed by atoms with Gasteiger partial charge in [-0.15, -0.1) is 5.10 Å². The van der Waals surface area contributed by atoms with Crippen molar-refractivity contribution in [1.82, 2.24) is 9.78 Å². The number of anilines is 2. The number of nitrogens with one attached hydrogen (secondary N) is 1. The largest absolute Gasteiger partial charge is 0.382 e. The second-order valence-corrected chi connectivity index (χ2v) is 5.09. The molecule has 2 rings (SSSR count). The van der Waals surface area contributed by atoms with Gasteiger partial charge in [0.2, 0.25) is 0 Å². The summed E-state index contributed by atoms with van der Waals surface area (Å²) in [6, 6.07) is 0.414. The maximum absolute atomic E-state index is 13.7. The monoisotopic (exact) mass is 240 g/mol. The molecule has 0 saturated heterocycles. The summed E-state index contributed by atoms with van der Waals surface area (Å²) in [7, 11) is 0. The minimum Gasteiger partial charge on any atom is -0.382 e. The lowest BCUT2D eigenvalue weighted by Gasteiger charge is -2.22. The zero-order valence-electron chi connectivity index (χ0n) is 10.5. The number of nitrogen functional groups attached to an aromatic ring is 1. The topological polar surface area (TPSA) is 55.9 Å². The van der Waals surface area contributed by atoms with Crippen LogP contribution >= 0.6 is 0 Å². The Morgan fingerprint density at radius 1 is 1.35 bits per heavy atom. The van der Waals surface area contributed by atoms with E-state index in [1.165, 1.54) is 19.3 Å². The minimum atomic E-state index is -0.484. The van der Waals surface area contributed by atoms with E-state index in [0.29, 0.717) is 11.5 Å². The van der Waals surface area contributed by atoms with Crippen molar-refractivity contribution < 1.29 is 4.39 Å². The molecule has 0 amide bonds. The van der Waals surface area contributed by atoms with Gasteiger partial charge in [0, 0.05) is 6.04 Å². The fourth-order valence-electron chi connectivity index (χ4n) is 2.44. The quantitative estimate of drug-likeness (QED) is 0.854. The zero-order chi connectivity index (χ0) is 12.4. The van der Waals surface area contributed by atoms with E-state index in [0.717, 1.165) is 12.8 Å². The fourth-order valence-corrected chi connectivity index (χ4v) is 2.44. The molecule has 0 aromatic carbocycles. The van der Waals surface area contributed by atoms with Crippen LogP contribution in [0.1, 0.15) is 52.0 Å². The van der Waals surface area contributed by atoms with E-state index >= 15 is 0 Å². The van der Waals surface area contributed by atoms with Gasteiger partial charge in [-0.05, 0) is 26.7 Å². The third-order valence-electron chi connectivity index (χ3n) is 3.26. The molecule has 1 aliphatic rings. The molecule has 5 heteroatoms. The van der Waals surface area contributed by atoms with Gasteiger partial charge in [-0.25, -0.2) is 4.68 Å². The van der Waals surface area contributed by atoms with E-state index in [-0.39, 0.29) is 12.1 Å². The van der Waals surface area contributed by atoms with Crippen molar-refractivity contribution in [3.63, 3.8) is 0 Å². The van der Waals surface area contributed by atoms with Crippen LogP contribution in [0.25, 0.3) is 0 Å². The Bertz CT molecular complexity index is 380. The van der Waals surface area contributed by atoms with Crippen LogP contribution in [0.3, 0.4) is 0 Å². The van der Waals surface area contributed by atoms with E-state index < -0.39 is 5.95 Å². The molecular weight excluding hydrogens is 219 g/mol. The molecule has 1 saturated carbocycles. The van der Waals surface area contributed by atoms with Crippen molar-refractivity contribution in [3.05, 3.63) is 5.95 Å². The first kappa shape index (κ1) is 12.2. The number of nitrogens with two attached hydrogens (primary N) is 1. The van der Waals surface area contributed by atoms with Gasteiger partial charge < -0.3 is 11.1 Å². The van der Waals surface area contributed by atoms with Crippen LogP contribution in [-0.2, 0) is 0 Å². The van der Waals surface area contributed by atoms with Crippen molar-refractivity contribution in [2.24, 2.45) is 0 Å². The number of nitrogens with zero attached hydrogens (tertiary/aromatic N) is 2. The van der Waals surface area contributed by atoms with Gasteiger partial charge >= 0.3 is 0 Å². The highest BCUT2D eigenvalue weighted by atomic mass is 19.1. The summed E-state index contributed by atoms with van der Waals surface area (Å²) in [5.41, 5.74) is 6.33. The highest BCUT2D eigenvalue weighted by Crippen LogP contribution is 2.33. The zero-order valence-corrected chi connectivity index (χ0v) is 10.5. The summed E-state index contributed by atoms with van der Waals surface area (Å²) in [4.78, 5) is 0. The van der Waals surface area contributed by atoms with E-state index in [1.54, 1.807) is 4.68 Å². The fraction of sp³-hybridized carbons (Fsp3) is 0.750. The van der Waals surface area contributed by atoms with E-state index in [1.807, 2.05) is 13.8 Å². The Hall–Kier alpha value is -1.26. The third-order valence-corrected chi connectivity index (χ3v) is 3.26. The van der Waals surface area contributed by atoms with Crippen LogP contribution in [0.2, 0.25) is 0 Å². The molecular formula is C12H21FN4.